The normalized spacial score (nSPS) is 19.4. The first kappa shape index (κ1) is 21.7. The van der Waals surface area contributed by atoms with E-state index in [2.05, 4.69) is 36.9 Å². The second kappa shape index (κ2) is 8.91. The lowest BCUT2D eigenvalue weighted by Gasteiger charge is -2.36. The van der Waals surface area contributed by atoms with Crippen LogP contribution in [0.25, 0.3) is 0 Å². The zero-order valence-corrected chi connectivity index (χ0v) is 19.4. The van der Waals surface area contributed by atoms with E-state index < -0.39 is 10.0 Å². The summed E-state index contributed by atoms with van der Waals surface area (Å²) < 4.78 is 28.8. The first-order valence-corrected chi connectivity index (χ1v) is 13.0. The number of sulfonamides is 1. The number of likely N-dealkylation sites (tertiary alicyclic amines) is 1. The number of hydrogen-bond donors (Lipinski definition) is 1. The molecule has 0 bridgehead atoms. The lowest BCUT2D eigenvalue weighted by atomic mass is 10.1. The molecule has 2 heterocycles. The van der Waals surface area contributed by atoms with Crippen LogP contribution in [0.15, 0.2) is 51.1 Å². The Hall–Kier alpha value is -1.54. The minimum atomic E-state index is -3.59. The van der Waals surface area contributed by atoms with Crippen molar-refractivity contribution in [3.8, 4) is 0 Å². The Morgan fingerprint density at radius 1 is 0.933 bits per heavy atom. The van der Waals surface area contributed by atoms with Crippen molar-refractivity contribution in [1.29, 1.82) is 0 Å². The van der Waals surface area contributed by atoms with Crippen molar-refractivity contribution in [3.05, 3.63) is 47.5 Å². The molecule has 2 aliphatic heterocycles. The molecular weight excluding hydrogens is 414 g/mol. The first-order valence-electron chi connectivity index (χ1n) is 10.7. The van der Waals surface area contributed by atoms with Gasteiger partial charge in [-0.05, 0) is 88.0 Å². The average Bonchev–Trinajstić information content (AvgIpc) is 3.27. The number of piperidine rings is 1. The molecule has 0 saturated carbocycles. The third-order valence-electron chi connectivity index (χ3n) is 6.23. The van der Waals surface area contributed by atoms with Gasteiger partial charge in [-0.3, -0.25) is 0 Å². The highest BCUT2D eigenvalue weighted by Crippen LogP contribution is 2.38. The van der Waals surface area contributed by atoms with E-state index in [0.717, 1.165) is 46.8 Å². The van der Waals surface area contributed by atoms with Crippen molar-refractivity contribution in [1.82, 2.24) is 9.21 Å². The molecule has 2 aromatic carbocycles. The fourth-order valence-corrected chi connectivity index (χ4v) is 7.46. The molecule has 0 aromatic heterocycles. The summed E-state index contributed by atoms with van der Waals surface area (Å²) in [5.74, 6) is 0. The molecule has 0 atom stereocenters. The van der Waals surface area contributed by atoms with E-state index in [9.17, 15) is 8.42 Å². The van der Waals surface area contributed by atoms with Gasteiger partial charge in [0.15, 0.2) is 0 Å². The van der Waals surface area contributed by atoms with Crippen molar-refractivity contribution >= 4 is 27.5 Å². The molecule has 30 heavy (non-hydrogen) atoms. The van der Waals surface area contributed by atoms with Gasteiger partial charge in [0, 0.05) is 34.6 Å². The van der Waals surface area contributed by atoms with E-state index in [1.165, 1.54) is 24.6 Å². The van der Waals surface area contributed by atoms with Crippen LogP contribution in [0.4, 0.5) is 5.69 Å². The molecule has 162 valence electrons. The summed E-state index contributed by atoms with van der Waals surface area (Å²) in [6.45, 7) is 7.56. The maximum atomic E-state index is 13.6. The maximum Gasteiger partial charge on any atom is 0.244 e. The van der Waals surface area contributed by atoms with Gasteiger partial charge in [0.2, 0.25) is 10.0 Å². The van der Waals surface area contributed by atoms with E-state index in [1.807, 2.05) is 6.07 Å². The van der Waals surface area contributed by atoms with Crippen LogP contribution in [0.3, 0.4) is 0 Å². The summed E-state index contributed by atoms with van der Waals surface area (Å²) in [6.07, 6.45) is 4.34. The van der Waals surface area contributed by atoms with Gasteiger partial charge in [-0.15, -0.1) is 0 Å². The van der Waals surface area contributed by atoms with Crippen LogP contribution in [0.1, 0.15) is 36.8 Å². The van der Waals surface area contributed by atoms with Gasteiger partial charge >= 0.3 is 0 Å². The minimum Gasteiger partial charge on any atom is -0.399 e. The van der Waals surface area contributed by atoms with E-state index in [-0.39, 0.29) is 0 Å². The van der Waals surface area contributed by atoms with Crippen LogP contribution < -0.4 is 5.73 Å². The summed E-state index contributed by atoms with van der Waals surface area (Å²) in [7, 11) is -3.59. The van der Waals surface area contributed by atoms with E-state index >= 15 is 0 Å². The minimum absolute atomic E-state index is 0.327. The Morgan fingerprint density at radius 2 is 1.63 bits per heavy atom. The van der Waals surface area contributed by atoms with Gasteiger partial charge in [0.1, 0.15) is 0 Å². The molecular formula is C23H31N3O2S2. The highest BCUT2D eigenvalue weighted by molar-refractivity contribution is 8.00. The van der Waals surface area contributed by atoms with Crippen LogP contribution in [-0.4, -0.2) is 49.8 Å². The Morgan fingerprint density at radius 3 is 2.33 bits per heavy atom. The average molecular weight is 446 g/mol. The SMILES string of the molecule is Cc1ccc(C)c(Sc2ccc(N)cc2S(=O)(=O)N2CCC(N3CCCC3)CC2)c1. The molecule has 0 radical (unpaired) electrons. The number of nitrogens with zero attached hydrogens (tertiary/aromatic N) is 2. The molecule has 4 rings (SSSR count). The maximum absolute atomic E-state index is 13.6. The van der Waals surface area contributed by atoms with Gasteiger partial charge in [-0.1, -0.05) is 23.9 Å². The van der Waals surface area contributed by atoms with Crippen molar-refractivity contribution in [2.24, 2.45) is 0 Å². The molecule has 0 aliphatic carbocycles. The predicted molar refractivity (Wildman–Crippen MR) is 123 cm³/mol. The van der Waals surface area contributed by atoms with Crippen molar-refractivity contribution in [3.63, 3.8) is 0 Å². The molecule has 0 spiro atoms. The summed E-state index contributed by atoms with van der Waals surface area (Å²) in [4.78, 5) is 4.67. The number of nitrogens with two attached hydrogens (primary N) is 1. The van der Waals surface area contributed by atoms with Crippen molar-refractivity contribution in [2.45, 2.75) is 60.3 Å². The highest BCUT2D eigenvalue weighted by atomic mass is 32.2. The van der Waals surface area contributed by atoms with Crippen molar-refractivity contribution < 1.29 is 8.42 Å². The number of nitrogen functional groups attached to an aromatic ring is 1. The molecule has 2 aromatic rings. The lowest BCUT2D eigenvalue weighted by Crippen LogP contribution is -2.45. The summed E-state index contributed by atoms with van der Waals surface area (Å²) >= 11 is 1.51. The Labute approximate surface area is 184 Å². The quantitative estimate of drug-likeness (QED) is 0.696. The molecule has 2 N–H and O–H groups in total. The Balaban J connectivity index is 1.58. The van der Waals surface area contributed by atoms with E-state index in [0.29, 0.717) is 29.7 Å². The van der Waals surface area contributed by atoms with Crippen LogP contribution in [0.5, 0.6) is 0 Å². The Kier molecular flexibility index (Phi) is 6.44. The van der Waals surface area contributed by atoms with E-state index in [1.54, 1.807) is 16.4 Å². The number of rotatable bonds is 5. The van der Waals surface area contributed by atoms with Crippen molar-refractivity contribution in [2.75, 3.05) is 31.9 Å². The molecule has 2 aliphatic rings. The van der Waals surface area contributed by atoms with Crippen LogP contribution in [0, 0.1) is 13.8 Å². The summed E-state index contributed by atoms with van der Waals surface area (Å²) in [5.41, 5.74) is 8.78. The number of benzene rings is 2. The topological polar surface area (TPSA) is 66.6 Å². The highest BCUT2D eigenvalue weighted by Gasteiger charge is 2.33. The second-order valence-corrected chi connectivity index (χ2v) is 11.4. The predicted octanol–water partition coefficient (Wildman–Crippen LogP) is 4.29. The molecule has 0 amide bonds. The van der Waals surface area contributed by atoms with Crippen LogP contribution in [0.2, 0.25) is 0 Å². The second-order valence-electron chi connectivity index (χ2n) is 8.46. The number of hydrogen-bond acceptors (Lipinski definition) is 5. The summed E-state index contributed by atoms with van der Waals surface area (Å²) in [5, 5.41) is 0. The third kappa shape index (κ3) is 4.54. The molecule has 2 fully saturated rings. The van der Waals surface area contributed by atoms with Gasteiger partial charge < -0.3 is 10.6 Å². The molecule has 5 nitrogen and oxygen atoms in total. The fraction of sp³-hybridized carbons (Fsp3) is 0.478. The van der Waals surface area contributed by atoms with Gasteiger partial charge in [0.05, 0.1) is 4.90 Å². The smallest absolute Gasteiger partial charge is 0.244 e. The fourth-order valence-electron chi connectivity index (χ4n) is 4.44. The van der Waals surface area contributed by atoms with Crippen LogP contribution in [-0.2, 0) is 10.0 Å². The molecule has 0 unspecified atom stereocenters. The number of anilines is 1. The zero-order valence-electron chi connectivity index (χ0n) is 17.8. The van der Waals surface area contributed by atoms with Gasteiger partial charge in [-0.25, -0.2) is 8.42 Å². The molecule has 7 heteroatoms. The van der Waals surface area contributed by atoms with Gasteiger partial charge in [0.25, 0.3) is 0 Å². The third-order valence-corrected chi connectivity index (χ3v) is 9.53. The molecule has 2 saturated heterocycles. The van der Waals surface area contributed by atoms with Crippen LogP contribution >= 0.6 is 11.8 Å². The number of aryl methyl sites for hydroxylation is 2. The van der Waals surface area contributed by atoms with Gasteiger partial charge in [-0.2, -0.15) is 4.31 Å². The largest absolute Gasteiger partial charge is 0.399 e. The summed E-state index contributed by atoms with van der Waals surface area (Å²) in [6, 6.07) is 12.0. The Bertz CT molecular complexity index is 1010. The van der Waals surface area contributed by atoms with E-state index in [4.69, 9.17) is 5.73 Å². The first-order chi connectivity index (χ1) is 14.3. The zero-order chi connectivity index (χ0) is 21.3. The monoisotopic (exact) mass is 445 g/mol. The standard InChI is InChI=1S/C23H31N3O2S2/c1-17-5-6-18(2)22(15-17)29-21-8-7-19(24)16-23(21)30(27,28)26-13-9-20(10-14-26)25-11-3-4-12-25/h5-8,15-16,20H,3-4,9-14,24H2,1-2H3. The lowest BCUT2D eigenvalue weighted by molar-refractivity contribution is 0.167.